The van der Waals surface area contributed by atoms with E-state index < -0.39 is 0 Å². The number of nitrogens with one attached hydrogen (secondary N) is 1. The molecule has 0 aliphatic heterocycles. The molecular formula is C12H16BrN3O2. The van der Waals surface area contributed by atoms with E-state index in [4.69, 9.17) is 5.73 Å². The Morgan fingerprint density at radius 1 is 1.44 bits per heavy atom. The highest BCUT2D eigenvalue weighted by Crippen LogP contribution is 2.19. The number of hydrogen-bond acceptors (Lipinski definition) is 3. The lowest BCUT2D eigenvalue weighted by Crippen LogP contribution is -2.38. The Hall–Kier alpha value is -1.56. The monoisotopic (exact) mass is 313 g/mol. The molecule has 0 fully saturated rings. The molecule has 0 atom stereocenters. The zero-order valence-electron chi connectivity index (χ0n) is 10.4. The van der Waals surface area contributed by atoms with Gasteiger partial charge in [-0.15, -0.1) is 0 Å². The first-order chi connectivity index (χ1) is 8.45. The van der Waals surface area contributed by atoms with Gasteiger partial charge in [-0.2, -0.15) is 0 Å². The number of nitrogen functional groups attached to an aromatic ring is 1. The molecule has 0 heterocycles. The molecule has 5 nitrogen and oxygen atoms in total. The van der Waals surface area contributed by atoms with Gasteiger partial charge in [0.1, 0.15) is 0 Å². The van der Waals surface area contributed by atoms with Gasteiger partial charge in [0, 0.05) is 29.3 Å². The van der Waals surface area contributed by atoms with E-state index in [1.165, 1.54) is 4.90 Å². The van der Waals surface area contributed by atoms with Crippen molar-refractivity contribution in [2.45, 2.75) is 6.92 Å². The summed E-state index contributed by atoms with van der Waals surface area (Å²) in [5, 5.41) is 2.56. The molecular weight excluding hydrogens is 298 g/mol. The van der Waals surface area contributed by atoms with Gasteiger partial charge in [0.2, 0.25) is 5.91 Å². The Kier molecular flexibility index (Phi) is 5.15. The minimum atomic E-state index is -0.313. The second-order valence-electron chi connectivity index (χ2n) is 3.83. The summed E-state index contributed by atoms with van der Waals surface area (Å²) in [5.41, 5.74) is 6.60. The lowest BCUT2D eigenvalue weighted by atomic mass is 10.2. The molecule has 6 heteroatoms. The van der Waals surface area contributed by atoms with Crippen molar-refractivity contribution in [2.75, 3.05) is 25.9 Å². The quantitative estimate of drug-likeness (QED) is 0.821. The average Bonchev–Trinajstić information content (AvgIpc) is 2.37. The molecule has 1 aromatic rings. The number of hydrogen-bond donors (Lipinski definition) is 2. The molecule has 98 valence electrons. The van der Waals surface area contributed by atoms with E-state index in [9.17, 15) is 9.59 Å². The molecule has 0 spiro atoms. The summed E-state index contributed by atoms with van der Waals surface area (Å²) in [5.74, 6) is -0.442. The number of nitrogens with zero attached hydrogens (tertiary/aromatic N) is 1. The molecule has 0 aliphatic carbocycles. The molecule has 0 radical (unpaired) electrons. The number of anilines is 1. The fourth-order valence-corrected chi connectivity index (χ4v) is 1.50. The van der Waals surface area contributed by atoms with Crippen LogP contribution in [0.2, 0.25) is 0 Å². The van der Waals surface area contributed by atoms with Crippen molar-refractivity contribution in [2.24, 2.45) is 0 Å². The SMILES string of the molecule is CCN(C)C(=O)CNC(=O)c1ccc(Br)c(N)c1. The molecule has 1 rings (SSSR count). The highest BCUT2D eigenvalue weighted by molar-refractivity contribution is 9.10. The molecule has 0 bridgehead atoms. The van der Waals surface area contributed by atoms with Gasteiger partial charge < -0.3 is 16.0 Å². The van der Waals surface area contributed by atoms with Crippen molar-refractivity contribution in [1.82, 2.24) is 10.2 Å². The lowest BCUT2D eigenvalue weighted by Gasteiger charge is -2.14. The highest BCUT2D eigenvalue weighted by Gasteiger charge is 2.11. The van der Waals surface area contributed by atoms with Gasteiger partial charge in [0.25, 0.3) is 5.91 Å². The summed E-state index contributed by atoms with van der Waals surface area (Å²) in [7, 11) is 1.69. The summed E-state index contributed by atoms with van der Waals surface area (Å²) < 4.78 is 0.737. The van der Waals surface area contributed by atoms with E-state index in [2.05, 4.69) is 21.2 Å². The Morgan fingerprint density at radius 2 is 2.11 bits per heavy atom. The Balaban J connectivity index is 2.60. The number of likely N-dealkylation sites (N-methyl/N-ethyl adjacent to an activating group) is 1. The van der Waals surface area contributed by atoms with Crippen LogP contribution in [0.5, 0.6) is 0 Å². The zero-order chi connectivity index (χ0) is 13.7. The van der Waals surface area contributed by atoms with Gasteiger partial charge >= 0.3 is 0 Å². The number of benzene rings is 1. The predicted molar refractivity (Wildman–Crippen MR) is 74.2 cm³/mol. The second kappa shape index (κ2) is 6.39. The molecule has 3 N–H and O–H groups in total. The Labute approximate surface area is 114 Å². The first kappa shape index (κ1) is 14.5. The lowest BCUT2D eigenvalue weighted by molar-refractivity contribution is -0.128. The van der Waals surface area contributed by atoms with Crippen LogP contribution in [0, 0.1) is 0 Å². The van der Waals surface area contributed by atoms with Crippen molar-refractivity contribution < 1.29 is 9.59 Å². The van der Waals surface area contributed by atoms with Gasteiger partial charge in [-0.25, -0.2) is 0 Å². The van der Waals surface area contributed by atoms with Crippen LogP contribution >= 0.6 is 15.9 Å². The molecule has 0 saturated carbocycles. The third kappa shape index (κ3) is 3.73. The van der Waals surface area contributed by atoms with E-state index >= 15 is 0 Å². The maximum atomic E-state index is 11.8. The number of amides is 2. The van der Waals surface area contributed by atoms with E-state index in [1.54, 1.807) is 25.2 Å². The largest absolute Gasteiger partial charge is 0.398 e. The molecule has 0 aliphatic rings. The van der Waals surface area contributed by atoms with Gasteiger partial charge in [-0.1, -0.05) is 0 Å². The summed E-state index contributed by atoms with van der Waals surface area (Å²) in [6.07, 6.45) is 0. The summed E-state index contributed by atoms with van der Waals surface area (Å²) >= 11 is 3.25. The van der Waals surface area contributed by atoms with Crippen molar-refractivity contribution >= 4 is 33.4 Å². The normalized spacial score (nSPS) is 9.94. The number of halogens is 1. The van der Waals surface area contributed by atoms with Crippen LogP contribution in [0.15, 0.2) is 22.7 Å². The van der Waals surface area contributed by atoms with Crippen LogP contribution in [-0.2, 0) is 4.79 Å². The minimum Gasteiger partial charge on any atom is -0.398 e. The zero-order valence-corrected chi connectivity index (χ0v) is 12.0. The van der Waals surface area contributed by atoms with E-state index in [0.29, 0.717) is 17.8 Å². The molecule has 2 amide bonds. The van der Waals surface area contributed by atoms with Gasteiger partial charge in [-0.05, 0) is 41.1 Å². The van der Waals surface area contributed by atoms with Gasteiger partial charge in [0.05, 0.1) is 6.54 Å². The number of rotatable bonds is 4. The summed E-state index contributed by atoms with van der Waals surface area (Å²) in [6.45, 7) is 2.47. The highest BCUT2D eigenvalue weighted by atomic mass is 79.9. The van der Waals surface area contributed by atoms with Gasteiger partial charge in [-0.3, -0.25) is 9.59 Å². The third-order valence-electron chi connectivity index (χ3n) is 2.56. The number of carbonyl (C=O) groups excluding carboxylic acids is 2. The van der Waals surface area contributed by atoms with E-state index in [1.807, 2.05) is 6.92 Å². The first-order valence-electron chi connectivity index (χ1n) is 5.53. The fourth-order valence-electron chi connectivity index (χ4n) is 1.25. The number of carbonyl (C=O) groups is 2. The van der Waals surface area contributed by atoms with E-state index in [0.717, 1.165) is 4.47 Å². The van der Waals surface area contributed by atoms with Crippen molar-refractivity contribution in [3.63, 3.8) is 0 Å². The Bertz CT molecular complexity index is 463. The Morgan fingerprint density at radius 3 is 2.67 bits per heavy atom. The summed E-state index contributed by atoms with van der Waals surface area (Å²) in [6, 6.07) is 4.90. The van der Waals surface area contributed by atoms with Crippen molar-refractivity contribution in [1.29, 1.82) is 0 Å². The van der Waals surface area contributed by atoms with Crippen LogP contribution in [0.1, 0.15) is 17.3 Å². The van der Waals surface area contributed by atoms with Crippen LogP contribution in [0.25, 0.3) is 0 Å². The van der Waals surface area contributed by atoms with Gasteiger partial charge in [0.15, 0.2) is 0 Å². The van der Waals surface area contributed by atoms with Crippen molar-refractivity contribution in [3.8, 4) is 0 Å². The first-order valence-corrected chi connectivity index (χ1v) is 6.32. The predicted octanol–water partition coefficient (Wildman–Crippen LogP) is 1.24. The molecule has 1 aromatic carbocycles. The third-order valence-corrected chi connectivity index (χ3v) is 3.28. The van der Waals surface area contributed by atoms with Crippen LogP contribution in [-0.4, -0.2) is 36.9 Å². The molecule has 18 heavy (non-hydrogen) atoms. The average molecular weight is 314 g/mol. The number of nitrogens with two attached hydrogens (primary N) is 1. The van der Waals surface area contributed by atoms with Crippen LogP contribution < -0.4 is 11.1 Å². The smallest absolute Gasteiger partial charge is 0.251 e. The topological polar surface area (TPSA) is 75.4 Å². The fraction of sp³-hybridized carbons (Fsp3) is 0.333. The standard InChI is InChI=1S/C12H16BrN3O2/c1-3-16(2)11(17)7-15-12(18)8-4-5-9(13)10(14)6-8/h4-6H,3,7,14H2,1-2H3,(H,15,18). The van der Waals surface area contributed by atoms with Crippen LogP contribution in [0.3, 0.4) is 0 Å². The van der Waals surface area contributed by atoms with Crippen molar-refractivity contribution in [3.05, 3.63) is 28.2 Å². The maximum Gasteiger partial charge on any atom is 0.251 e. The minimum absolute atomic E-state index is 0.0147. The molecule has 0 saturated heterocycles. The second-order valence-corrected chi connectivity index (χ2v) is 4.68. The summed E-state index contributed by atoms with van der Waals surface area (Å²) in [4.78, 5) is 24.8. The molecule has 0 unspecified atom stereocenters. The maximum absolute atomic E-state index is 11.8. The van der Waals surface area contributed by atoms with Crippen LogP contribution in [0.4, 0.5) is 5.69 Å². The van der Waals surface area contributed by atoms with E-state index in [-0.39, 0.29) is 18.4 Å². The molecule has 0 aromatic heterocycles.